The highest BCUT2D eigenvalue weighted by atomic mass is 79.9. The zero-order valence-corrected chi connectivity index (χ0v) is 9.24. The van der Waals surface area contributed by atoms with E-state index < -0.39 is 12.0 Å². The van der Waals surface area contributed by atoms with Gasteiger partial charge in [-0.15, -0.1) is 0 Å². The zero-order chi connectivity index (χ0) is 10.7. The van der Waals surface area contributed by atoms with Crippen molar-refractivity contribution >= 4 is 21.9 Å². The van der Waals surface area contributed by atoms with Crippen LogP contribution in [0, 0.1) is 6.92 Å². The number of nitrogens with zero attached hydrogens (tertiary/aromatic N) is 1. The lowest BCUT2D eigenvalue weighted by molar-refractivity contribution is -0.137. The fourth-order valence-electron chi connectivity index (χ4n) is 1.13. The summed E-state index contributed by atoms with van der Waals surface area (Å²) in [5.74, 6) is -0.324. The highest BCUT2D eigenvalue weighted by molar-refractivity contribution is 9.10. The van der Waals surface area contributed by atoms with Gasteiger partial charge >= 0.3 is 5.97 Å². The van der Waals surface area contributed by atoms with Gasteiger partial charge in [-0.05, 0) is 13.3 Å². The number of nitrogens with two attached hydrogens (primary N) is 1. The van der Waals surface area contributed by atoms with E-state index in [1.807, 2.05) is 0 Å². The van der Waals surface area contributed by atoms with Crippen molar-refractivity contribution in [3.05, 3.63) is 16.3 Å². The summed E-state index contributed by atoms with van der Waals surface area (Å²) in [7, 11) is 0. The second kappa shape index (κ2) is 4.56. The molecule has 0 aromatic carbocycles. The average Bonchev–Trinajstić information content (AvgIpc) is 2.41. The van der Waals surface area contributed by atoms with Gasteiger partial charge in [-0.1, -0.05) is 0 Å². The van der Waals surface area contributed by atoms with Gasteiger partial charge in [0, 0.05) is 22.4 Å². The lowest BCUT2D eigenvalue weighted by Gasteiger charge is -2.06. The number of rotatable bonds is 4. The number of aromatic nitrogens is 1. The molecule has 0 saturated heterocycles. The number of carboxylic acids is 1. The van der Waals surface area contributed by atoms with Crippen LogP contribution in [-0.2, 0) is 4.79 Å². The standard InChI is InChI=1S/C8H11BrN2O3/c1-4-7(14-8(9)11-4)5(10)2-3-6(12)13/h5H,2-3,10H2,1H3,(H,12,13). The van der Waals surface area contributed by atoms with E-state index in [9.17, 15) is 4.79 Å². The van der Waals surface area contributed by atoms with Crippen LogP contribution in [0.5, 0.6) is 0 Å². The molecule has 0 aliphatic heterocycles. The van der Waals surface area contributed by atoms with E-state index in [2.05, 4.69) is 20.9 Å². The van der Waals surface area contributed by atoms with E-state index in [4.69, 9.17) is 15.3 Å². The van der Waals surface area contributed by atoms with Gasteiger partial charge < -0.3 is 15.3 Å². The number of aliphatic carboxylic acids is 1. The van der Waals surface area contributed by atoms with Gasteiger partial charge in [-0.25, -0.2) is 4.98 Å². The first-order chi connectivity index (χ1) is 6.50. The first kappa shape index (κ1) is 11.2. The smallest absolute Gasteiger partial charge is 0.303 e. The van der Waals surface area contributed by atoms with Crippen molar-refractivity contribution in [2.24, 2.45) is 5.73 Å². The van der Waals surface area contributed by atoms with E-state index in [1.165, 1.54) is 0 Å². The Bertz CT molecular complexity index is 337. The van der Waals surface area contributed by atoms with Gasteiger partial charge in [-0.2, -0.15) is 0 Å². The van der Waals surface area contributed by atoms with Crippen molar-refractivity contribution in [1.82, 2.24) is 4.98 Å². The molecule has 78 valence electrons. The van der Waals surface area contributed by atoms with Crippen molar-refractivity contribution in [2.75, 3.05) is 0 Å². The highest BCUT2D eigenvalue weighted by Crippen LogP contribution is 2.23. The lowest BCUT2D eigenvalue weighted by atomic mass is 10.1. The van der Waals surface area contributed by atoms with Gasteiger partial charge in [0.2, 0.25) is 0 Å². The second-order valence-electron chi connectivity index (χ2n) is 2.96. The average molecular weight is 263 g/mol. The Hall–Kier alpha value is -0.880. The lowest BCUT2D eigenvalue weighted by Crippen LogP contribution is -2.12. The summed E-state index contributed by atoms with van der Waals surface area (Å²) in [5.41, 5.74) is 6.43. The molecule has 0 radical (unpaired) electrons. The SMILES string of the molecule is Cc1nc(Br)oc1C(N)CCC(=O)O. The van der Waals surface area contributed by atoms with Gasteiger partial charge in [-0.3, -0.25) is 4.79 Å². The van der Waals surface area contributed by atoms with Gasteiger partial charge in [0.1, 0.15) is 5.76 Å². The maximum atomic E-state index is 10.3. The Labute approximate surface area is 89.4 Å². The number of aryl methyl sites for hydroxylation is 1. The van der Waals surface area contributed by atoms with Gasteiger partial charge in [0.15, 0.2) is 0 Å². The molecule has 1 aromatic heterocycles. The molecule has 0 aliphatic rings. The molecule has 3 N–H and O–H groups in total. The first-order valence-corrected chi connectivity index (χ1v) is 4.90. The molecule has 1 unspecified atom stereocenters. The number of oxazole rings is 1. The third-order valence-corrected chi connectivity index (χ3v) is 2.15. The van der Waals surface area contributed by atoms with Crippen LogP contribution in [0.15, 0.2) is 9.22 Å². The Morgan fingerprint density at radius 2 is 2.43 bits per heavy atom. The third-order valence-electron chi connectivity index (χ3n) is 1.81. The zero-order valence-electron chi connectivity index (χ0n) is 7.66. The van der Waals surface area contributed by atoms with Crippen LogP contribution in [-0.4, -0.2) is 16.1 Å². The molecule has 0 bridgehead atoms. The minimum absolute atomic E-state index is 0.0267. The molecular formula is C8H11BrN2O3. The van der Waals surface area contributed by atoms with Crippen molar-refractivity contribution in [2.45, 2.75) is 25.8 Å². The largest absolute Gasteiger partial charge is 0.481 e. The van der Waals surface area contributed by atoms with E-state index in [0.29, 0.717) is 22.7 Å². The number of carbonyl (C=O) groups is 1. The Morgan fingerprint density at radius 1 is 1.79 bits per heavy atom. The minimum atomic E-state index is -0.864. The van der Waals surface area contributed by atoms with Crippen LogP contribution < -0.4 is 5.73 Å². The minimum Gasteiger partial charge on any atom is -0.481 e. The topological polar surface area (TPSA) is 89.4 Å². The fraction of sp³-hybridized carbons (Fsp3) is 0.500. The monoisotopic (exact) mass is 262 g/mol. The summed E-state index contributed by atoms with van der Waals surface area (Å²) in [4.78, 5) is 14.7. The van der Waals surface area contributed by atoms with E-state index in [1.54, 1.807) is 6.92 Å². The van der Waals surface area contributed by atoms with Crippen molar-refractivity contribution in [3.8, 4) is 0 Å². The third kappa shape index (κ3) is 2.81. The quantitative estimate of drug-likeness (QED) is 0.861. The normalized spacial score (nSPS) is 12.8. The number of carboxylic acid groups (broad SMARTS) is 1. The Morgan fingerprint density at radius 3 is 2.86 bits per heavy atom. The Balaban J connectivity index is 2.64. The molecule has 14 heavy (non-hydrogen) atoms. The molecule has 1 heterocycles. The number of halogens is 1. The van der Waals surface area contributed by atoms with Gasteiger partial charge in [0.25, 0.3) is 4.80 Å². The highest BCUT2D eigenvalue weighted by Gasteiger charge is 2.16. The molecule has 0 saturated carbocycles. The van der Waals surface area contributed by atoms with Crippen LogP contribution >= 0.6 is 15.9 Å². The fourth-order valence-corrected chi connectivity index (χ4v) is 1.57. The summed E-state index contributed by atoms with van der Waals surface area (Å²) in [6, 6.07) is -0.412. The summed E-state index contributed by atoms with van der Waals surface area (Å²) >= 11 is 3.08. The predicted molar refractivity (Wildman–Crippen MR) is 52.7 cm³/mol. The van der Waals surface area contributed by atoms with Crippen LogP contribution in [0.25, 0.3) is 0 Å². The van der Waals surface area contributed by atoms with Crippen molar-refractivity contribution in [3.63, 3.8) is 0 Å². The van der Waals surface area contributed by atoms with Crippen molar-refractivity contribution < 1.29 is 14.3 Å². The first-order valence-electron chi connectivity index (χ1n) is 4.11. The maximum absolute atomic E-state index is 10.3. The van der Waals surface area contributed by atoms with Crippen LogP contribution in [0.1, 0.15) is 30.3 Å². The van der Waals surface area contributed by atoms with E-state index in [0.717, 1.165) is 0 Å². The van der Waals surface area contributed by atoms with E-state index >= 15 is 0 Å². The van der Waals surface area contributed by atoms with Crippen molar-refractivity contribution in [1.29, 1.82) is 0 Å². The summed E-state index contributed by atoms with van der Waals surface area (Å²) in [6.45, 7) is 1.77. The summed E-state index contributed by atoms with van der Waals surface area (Å²) in [6.07, 6.45) is 0.372. The molecule has 6 heteroatoms. The van der Waals surface area contributed by atoms with E-state index in [-0.39, 0.29) is 6.42 Å². The molecule has 1 atom stereocenters. The number of hydrogen-bond acceptors (Lipinski definition) is 4. The molecule has 0 spiro atoms. The summed E-state index contributed by atoms with van der Waals surface area (Å²) in [5, 5.41) is 8.47. The molecule has 1 aromatic rings. The van der Waals surface area contributed by atoms with Crippen LogP contribution in [0.3, 0.4) is 0 Å². The molecular weight excluding hydrogens is 252 g/mol. The summed E-state index contributed by atoms with van der Waals surface area (Å²) < 4.78 is 5.20. The maximum Gasteiger partial charge on any atom is 0.303 e. The second-order valence-corrected chi connectivity index (χ2v) is 3.63. The molecule has 1 rings (SSSR count). The molecule has 0 aliphatic carbocycles. The van der Waals surface area contributed by atoms with Crippen LogP contribution in [0.4, 0.5) is 0 Å². The van der Waals surface area contributed by atoms with Crippen LogP contribution in [0.2, 0.25) is 0 Å². The molecule has 5 nitrogen and oxygen atoms in total. The van der Waals surface area contributed by atoms with Gasteiger partial charge in [0.05, 0.1) is 11.7 Å². The molecule has 0 fully saturated rings. The predicted octanol–water partition coefficient (Wildman–Crippen LogP) is 1.61. The Kier molecular flexibility index (Phi) is 3.65. The molecule has 0 amide bonds. The number of hydrogen-bond donors (Lipinski definition) is 2.